The van der Waals surface area contributed by atoms with Crippen LogP contribution in [0.25, 0.3) is 0 Å². The smallest absolute Gasteiger partial charge is 0.244 e. The lowest BCUT2D eigenvalue weighted by Crippen LogP contribution is -2.52. The second kappa shape index (κ2) is 13.6. The summed E-state index contributed by atoms with van der Waals surface area (Å²) in [5.41, 5.74) is 0.396. The Morgan fingerprint density at radius 1 is 0.946 bits per heavy atom. The minimum Gasteiger partial charge on any atom is -0.354 e. The highest BCUT2D eigenvalue weighted by atomic mass is 35.5. The van der Waals surface area contributed by atoms with Crippen LogP contribution in [0.3, 0.4) is 0 Å². The Morgan fingerprint density at radius 2 is 1.51 bits per heavy atom. The summed E-state index contributed by atoms with van der Waals surface area (Å²) in [6, 6.07) is 6.52. The zero-order chi connectivity index (χ0) is 28.1. The molecule has 0 aromatic heterocycles. The van der Waals surface area contributed by atoms with Crippen molar-refractivity contribution in [2.75, 3.05) is 23.7 Å². The SMILES string of the molecule is CC[C@@H](C(=O)NCC(C)C)N(Cc1c(Cl)cccc1Cl)C(=O)CN(c1cc(Cl)c(Cl)cc1Cl)S(C)(=O)=O. The fraction of sp³-hybridized carbons (Fsp3) is 0.417. The summed E-state index contributed by atoms with van der Waals surface area (Å²) in [4.78, 5) is 28.1. The topological polar surface area (TPSA) is 86.8 Å². The molecule has 0 aliphatic rings. The number of rotatable bonds is 11. The first kappa shape index (κ1) is 31.8. The molecule has 2 amide bonds. The van der Waals surface area contributed by atoms with Gasteiger partial charge in [0.2, 0.25) is 21.8 Å². The van der Waals surface area contributed by atoms with Gasteiger partial charge in [-0.3, -0.25) is 13.9 Å². The van der Waals surface area contributed by atoms with Gasteiger partial charge in [-0.15, -0.1) is 0 Å². The summed E-state index contributed by atoms with van der Waals surface area (Å²) >= 11 is 31.1. The Hall–Kier alpha value is -1.42. The van der Waals surface area contributed by atoms with E-state index in [9.17, 15) is 18.0 Å². The molecule has 0 spiro atoms. The van der Waals surface area contributed by atoms with Crippen LogP contribution in [0.5, 0.6) is 0 Å². The van der Waals surface area contributed by atoms with E-state index in [2.05, 4.69) is 5.32 Å². The molecular weight excluding hydrogens is 604 g/mol. The highest BCUT2D eigenvalue weighted by Crippen LogP contribution is 2.36. The third-order valence-corrected chi connectivity index (χ3v) is 8.26. The van der Waals surface area contributed by atoms with Gasteiger partial charge in [0.1, 0.15) is 12.6 Å². The van der Waals surface area contributed by atoms with Crippen LogP contribution in [0.15, 0.2) is 30.3 Å². The van der Waals surface area contributed by atoms with Crippen molar-refractivity contribution in [2.24, 2.45) is 5.92 Å². The number of nitrogens with one attached hydrogen (secondary N) is 1. The first-order chi connectivity index (χ1) is 17.2. The molecular formula is C24H28Cl5N3O4S. The van der Waals surface area contributed by atoms with Gasteiger partial charge in [0, 0.05) is 28.7 Å². The number of hydrogen-bond donors (Lipinski definition) is 1. The molecule has 0 fully saturated rings. The van der Waals surface area contributed by atoms with Crippen LogP contribution in [-0.4, -0.2) is 50.5 Å². The lowest BCUT2D eigenvalue weighted by Gasteiger charge is -2.33. The van der Waals surface area contributed by atoms with Crippen LogP contribution < -0.4 is 9.62 Å². The zero-order valence-corrected chi connectivity index (χ0v) is 25.3. The molecule has 204 valence electrons. The van der Waals surface area contributed by atoms with Gasteiger partial charge in [0.25, 0.3) is 0 Å². The van der Waals surface area contributed by atoms with E-state index in [4.69, 9.17) is 58.0 Å². The van der Waals surface area contributed by atoms with Crippen LogP contribution in [0.1, 0.15) is 32.8 Å². The molecule has 7 nitrogen and oxygen atoms in total. The number of carbonyl (C=O) groups is 2. The van der Waals surface area contributed by atoms with Crippen molar-refractivity contribution in [3.05, 3.63) is 61.0 Å². The number of nitrogens with zero attached hydrogens (tertiary/aromatic N) is 2. The molecule has 0 aliphatic carbocycles. The van der Waals surface area contributed by atoms with Crippen LogP contribution >= 0.6 is 58.0 Å². The normalized spacial score (nSPS) is 12.4. The second-order valence-corrected chi connectivity index (χ2v) is 12.7. The van der Waals surface area contributed by atoms with Crippen molar-refractivity contribution in [1.82, 2.24) is 10.2 Å². The average molecular weight is 632 g/mol. The van der Waals surface area contributed by atoms with Gasteiger partial charge < -0.3 is 10.2 Å². The molecule has 1 atom stereocenters. The summed E-state index contributed by atoms with van der Waals surface area (Å²) in [7, 11) is -4.01. The number of carbonyl (C=O) groups excluding carboxylic acids is 2. The van der Waals surface area contributed by atoms with E-state index in [-0.39, 0.29) is 45.5 Å². The van der Waals surface area contributed by atoms with Crippen molar-refractivity contribution in [2.45, 2.75) is 39.8 Å². The minimum atomic E-state index is -4.01. The fourth-order valence-corrected chi connectivity index (χ4v) is 5.56. The van der Waals surface area contributed by atoms with Crippen LogP contribution in [0, 0.1) is 5.92 Å². The lowest BCUT2D eigenvalue weighted by atomic mass is 10.1. The maximum atomic E-state index is 13.8. The number of amides is 2. The Bertz CT molecular complexity index is 1240. The highest BCUT2D eigenvalue weighted by molar-refractivity contribution is 7.92. The van der Waals surface area contributed by atoms with Gasteiger partial charge in [-0.25, -0.2) is 8.42 Å². The molecule has 0 saturated carbocycles. The number of benzene rings is 2. The molecule has 1 N–H and O–H groups in total. The lowest BCUT2D eigenvalue weighted by molar-refractivity contribution is -0.140. The minimum absolute atomic E-state index is 0.0185. The molecule has 37 heavy (non-hydrogen) atoms. The number of hydrogen-bond acceptors (Lipinski definition) is 4. The Balaban J connectivity index is 2.55. The second-order valence-electron chi connectivity index (χ2n) is 8.77. The quantitative estimate of drug-likeness (QED) is 0.295. The van der Waals surface area contributed by atoms with Crippen molar-refractivity contribution < 1.29 is 18.0 Å². The van der Waals surface area contributed by atoms with Gasteiger partial charge in [0.05, 0.1) is 27.0 Å². The summed E-state index contributed by atoms with van der Waals surface area (Å²) in [5, 5.41) is 3.60. The number of halogens is 5. The first-order valence-electron chi connectivity index (χ1n) is 11.3. The third kappa shape index (κ3) is 8.53. The predicted molar refractivity (Wildman–Crippen MR) is 153 cm³/mol. The van der Waals surface area contributed by atoms with Crippen molar-refractivity contribution in [3.8, 4) is 0 Å². The summed E-state index contributed by atoms with van der Waals surface area (Å²) in [6.07, 6.45) is 1.19. The van der Waals surface area contributed by atoms with E-state index in [0.717, 1.165) is 10.6 Å². The molecule has 2 aromatic rings. The Morgan fingerprint density at radius 3 is 2.03 bits per heavy atom. The third-order valence-electron chi connectivity index (χ3n) is 5.40. The van der Waals surface area contributed by atoms with E-state index in [0.29, 0.717) is 22.2 Å². The van der Waals surface area contributed by atoms with Gasteiger partial charge >= 0.3 is 0 Å². The van der Waals surface area contributed by atoms with E-state index in [1.807, 2.05) is 13.8 Å². The molecule has 0 saturated heterocycles. The summed E-state index contributed by atoms with van der Waals surface area (Å²) in [6.45, 7) is 5.25. The number of anilines is 1. The molecule has 0 unspecified atom stereocenters. The van der Waals surface area contributed by atoms with Gasteiger partial charge in [-0.2, -0.15) is 0 Å². The molecule has 13 heteroatoms. The monoisotopic (exact) mass is 629 g/mol. The summed E-state index contributed by atoms with van der Waals surface area (Å²) in [5.74, 6) is -0.873. The van der Waals surface area contributed by atoms with Crippen LogP contribution in [0.4, 0.5) is 5.69 Å². The van der Waals surface area contributed by atoms with E-state index in [1.165, 1.54) is 17.0 Å². The molecule has 0 radical (unpaired) electrons. The molecule has 2 rings (SSSR count). The van der Waals surface area contributed by atoms with Gasteiger partial charge in [-0.1, -0.05) is 84.8 Å². The molecule has 0 aliphatic heterocycles. The van der Waals surface area contributed by atoms with E-state index >= 15 is 0 Å². The average Bonchev–Trinajstić information content (AvgIpc) is 2.79. The maximum absolute atomic E-state index is 13.8. The first-order valence-corrected chi connectivity index (χ1v) is 15.0. The van der Waals surface area contributed by atoms with Crippen molar-refractivity contribution >= 4 is 85.5 Å². The Kier molecular flexibility index (Phi) is 11.7. The highest BCUT2D eigenvalue weighted by Gasteiger charge is 2.33. The zero-order valence-electron chi connectivity index (χ0n) is 20.7. The number of sulfonamides is 1. The standard InChI is InChI=1S/C24H28Cl5N3O4S/c1-5-21(24(34)30-11-14(2)3)31(12-15-16(25)7-6-8-17(15)26)23(33)13-32(37(4,35)36)22-10-19(28)18(27)9-20(22)29/h6-10,14,21H,5,11-13H2,1-4H3,(H,30,34)/t21-/m0/s1. The largest absolute Gasteiger partial charge is 0.354 e. The molecule has 0 heterocycles. The molecule has 2 aromatic carbocycles. The predicted octanol–water partition coefficient (Wildman–Crippen LogP) is 6.30. The van der Waals surface area contributed by atoms with Crippen LogP contribution in [-0.2, 0) is 26.2 Å². The van der Waals surface area contributed by atoms with Gasteiger partial charge in [0.15, 0.2) is 0 Å². The van der Waals surface area contributed by atoms with Crippen molar-refractivity contribution in [1.29, 1.82) is 0 Å². The van der Waals surface area contributed by atoms with E-state index < -0.39 is 28.5 Å². The summed E-state index contributed by atoms with van der Waals surface area (Å²) < 4.78 is 26.3. The van der Waals surface area contributed by atoms with Crippen molar-refractivity contribution in [3.63, 3.8) is 0 Å². The fourth-order valence-electron chi connectivity index (χ4n) is 3.49. The Labute approximate surface area is 243 Å². The van der Waals surface area contributed by atoms with Gasteiger partial charge in [-0.05, 0) is 36.6 Å². The van der Waals surface area contributed by atoms with Crippen LogP contribution in [0.2, 0.25) is 25.1 Å². The maximum Gasteiger partial charge on any atom is 0.244 e. The van der Waals surface area contributed by atoms with E-state index in [1.54, 1.807) is 25.1 Å². The molecule has 0 bridgehead atoms.